The molecule has 0 rings (SSSR count). The summed E-state index contributed by atoms with van der Waals surface area (Å²) in [6.07, 6.45) is 1.50. The highest BCUT2D eigenvalue weighted by Crippen LogP contribution is 2.19. The first-order valence-electron chi connectivity index (χ1n) is 5.44. The van der Waals surface area contributed by atoms with E-state index < -0.39 is 23.6 Å². The third-order valence-electron chi connectivity index (χ3n) is 2.43. The topological polar surface area (TPSA) is 80.9 Å². The Hall–Kier alpha value is 0.675. The van der Waals surface area contributed by atoms with E-state index >= 15 is 0 Å². The molecule has 0 radical (unpaired) electrons. The van der Waals surface area contributed by atoms with Crippen molar-refractivity contribution < 1.29 is 20.3 Å². The van der Waals surface area contributed by atoms with E-state index in [9.17, 15) is 0 Å². The fourth-order valence-electron chi connectivity index (χ4n) is 0.421. The van der Waals surface area contributed by atoms with Crippen LogP contribution in [-0.4, -0.2) is 49.2 Å². The van der Waals surface area contributed by atoms with Gasteiger partial charge in [0.1, 0.15) is 0 Å². The van der Waals surface area contributed by atoms with Crippen LogP contribution in [0, 0.1) is 0 Å². The third kappa shape index (κ3) is 11.5. The lowest BCUT2D eigenvalue weighted by molar-refractivity contribution is -0.107. The maximum absolute atomic E-state index is 9.10. The third-order valence-corrected chi connectivity index (χ3v) is 3.44. The summed E-state index contributed by atoms with van der Waals surface area (Å²) in [4.78, 5) is 0. The predicted molar refractivity (Wildman–Crippen MR) is 75.5 cm³/mol. The van der Waals surface area contributed by atoms with Crippen LogP contribution in [0.1, 0.15) is 40.5 Å². The van der Waals surface area contributed by atoms with Crippen LogP contribution < -0.4 is 0 Å². The van der Waals surface area contributed by atoms with Gasteiger partial charge in [0.2, 0.25) is 0 Å². The molecule has 0 saturated carbocycles. The molecule has 1 atom stereocenters. The normalized spacial score (nSPS) is 13.8. The Labute approximate surface area is 117 Å². The van der Waals surface area contributed by atoms with Crippen molar-refractivity contribution in [2.24, 2.45) is 0 Å². The molecule has 0 aromatic rings. The van der Waals surface area contributed by atoms with E-state index in [4.69, 9.17) is 31.9 Å². The van der Waals surface area contributed by atoms with Crippen LogP contribution in [0.2, 0.25) is 0 Å². The van der Waals surface area contributed by atoms with E-state index in [0.29, 0.717) is 6.42 Å². The minimum atomic E-state index is -1.38. The Kier molecular flexibility index (Phi) is 10.3. The Balaban J connectivity index is 0. The summed E-state index contributed by atoms with van der Waals surface area (Å²) in [5.74, 6) is 0. The summed E-state index contributed by atoms with van der Waals surface area (Å²) >= 11 is 8.68. The second-order valence-corrected chi connectivity index (χ2v) is 6.23. The summed E-state index contributed by atoms with van der Waals surface area (Å²) in [6, 6.07) is 0. The molecule has 0 aliphatic rings. The minimum absolute atomic E-state index is 0.525. The fraction of sp³-hybridized carbons (Fsp3) is 1.00. The van der Waals surface area contributed by atoms with E-state index in [1.165, 1.54) is 0 Å². The number of alkyl halides is 2. The molecular weight excluding hydrogens is 310 g/mol. The molecule has 1 unspecified atom stereocenters. The van der Waals surface area contributed by atoms with Gasteiger partial charge in [0.05, 0.1) is 16.5 Å². The second-order valence-electron chi connectivity index (χ2n) is 4.88. The Morgan fingerprint density at radius 3 is 1.65 bits per heavy atom. The monoisotopic (exact) mass is 332 g/mol. The quantitative estimate of drug-likeness (QED) is 0.452. The lowest BCUT2D eigenvalue weighted by Crippen LogP contribution is -2.44. The molecule has 104 valence electrons. The van der Waals surface area contributed by atoms with Crippen LogP contribution in [0.15, 0.2) is 0 Å². The first kappa shape index (κ1) is 20.0. The molecule has 0 aliphatic carbocycles. The van der Waals surface area contributed by atoms with Crippen molar-refractivity contribution in [3.8, 4) is 0 Å². The van der Waals surface area contributed by atoms with Crippen molar-refractivity contribution in [1.82, 2.24) is 0 Å². The maximum atomic E-state index is 9.10. The minimum Gasteiger partial charge on any atom is -0.426 e. The van der Waals surface area contributed by atoms with Crippen LogP contribution in [0.4, 0.5) is 0 Å². The van der Waals surface area contributed by atoms with Crippen LogP contribution in [0.25, 0.3) is 0 Å². The number of hydrogen-bond donors (Lipinski definition) is 4. The molecule has 0 amide bonds. The summed E-state index contributed by atoms with van der Waals surface area (Å²) in [5, 5.41) is 35.4. The van der Waals surface area contributed by atoms with E-state index in [0.717, 1.165) is 11.8 Å². The summed E-state index contributed by atoms with van der Waals surface area (Å²) in [7, 11) is -1.38. The van der Waals surface area contributed by atoms with Crippen molar-refractivity contribution in [3.63, 3.8) is 0 Å². The van der Waals surface area contributed by atoms with Crippen molar-refractivity contribution in [1.29, 1.82) is 0 Å². The van der Waals surface area contributed by atoms with Gasteiger partial charge < -0.3 is 20.3 Å². The van der Waals surface area contributed by atoms with Crippen molar-refractivity contribution in [3.05, 3.63) is 0 Å². The smallest absolute Gasteiger partial charge is 0.426 e. The SMILES string of the molecule is CC(C)(O)C(C)(C)O.OB(O)C(Cl)CCCBr. The zero-order valence-corrected chi connectivity index (χ0v) is 13.2. The summed E-state index contributed by atoms with van der Waals surface area (Å²) < 4.78 is 0. The number of hydrogen-bond acceptors (Lipinski definition) is 4. The number of aliphatic hydroxyl groups is 2. The highest BCUT2D eigenvalue weighted by Gasteiger charge is 2.31. The molecule has 4 N–H and O–H groups in total. The Morgan fingerprint density at radius 2 is 1.47 bits per heavy atom. The lowest BCUT2D eigenvalue weighted by Gasteiger charge is -2.31. The molecule has 0 fully saturated rings. The van der Waals surface area contributed by atoms with Gasteiger partial charge in [-0.15, -0.1) is 11.6 Å². The average Bonchev–Trinajstić information content (AvgIpc) is 2.11. The van der Waals surface area contributed by atoms with Gasteiger partial charge in [-0.05, 0) is 40.5 Å². The van der Waals surface area contributed by atoms with E-state index in [-0.39, 0.29) is 0 Å². The van der Waals surface area contributed by atoms with Crippen LogP contribution >= 0.6 is 27.5 Å². The van der Waals surface area contributed by atoms with Gasteiger partial charge in [0.15, 0.2) is 0 Å². The Morgan fingerprint density at radius 1 is 1.12 bits per heavy atom. The molecular formula is C10H23BBrClO4. The molecule has 0 aliphatic heterocycles. The molecule has 0 spiro atoms. The van der Waals surface area contributed by atoms with E-state index in [1.54, 1.807) is 27.7 Å². The number of halogens is 2. The van der Waals surface area contributed by atoms with Gasteiger partial charge in [-0.2, -0.15) is 0 Å². The molecule has 7 heteroatoms. The lowest BCUT2D eigenvalue weighted by atomic mass is 9.83. The first-order valence-corrected chi connectivity index (χ1v) is 7.00. The second kappa shape index (κ2) is 8.72. The highest BCUT2D eigenvalue weighted by molar-refractivity contribution is 9.09. The summed E-state index contributed by atoms with van der Waals surface area (Å²) in [5.41, 5.74) is -2.01. The standard InChI is InChI=1S/C6H14O2.C4H9BBrClO2/c1-5(2,7)6(3,4)8;6-3-1-2-4(7)5(8)9/h7-8H,1-4H3;4,8-9H,1-3H2. The predicted octanol–water partition coefficient (Wildman–Crippen LogP) is 1.31. The molecule has 0 heterocycles. The van der Waals surface area contributed by atoms with E-state index in [1.807, 2.05) is 0 Å². The van der Waals surface area contributed by atoms with Gasteiger partial charge in [-0.1, -0.05) is 15.9 Å². The van der Waals surface area contributed by atoms with Crippen molar-refractivity contribution in [2.45, 2.75) is 57.0 Å². The van der Waals surface area contributed by atoms with Crippen molar-refractivity contribution in [2.75, 3.05) is 5.33 Å². The molecule has 0 saturated heterocycles. The molecule has 0 bridgehead atoms. The van der Waals surface area contributed by atoms with Gasteiger partial charge in [-0.3, -0.25) is 0 Å². The first-order chi connectivity index (χ1) is 7.43. The molecule has 0 aromatic carbocycles. The zero-order valence-electron chi connectivity index (χ0n) is 10.8. The van der Waals surface area contributed by atoms with Gasteiger partial charge in [0.25, 0.3) is 0 Å². The Bertz CT molecular complexity index is 180. The number of rotatable bonds is 5. The van der Waals surface area contributed by atoms with Gasteiger partial charge in [0, 0.05) is 5.33 Å². The van der Waals surface area contributed by atoms with Crippen LogP contribution in [-0.2, 0) is 0 Å². The van der Waals surface area contributed by atoms with Crippen molar-refractivity contribution >= 4 is 34.6 Å². The fourth-order valence-corrected chi connectivity index (χ4v) is 0.899. The molecule has 17 heavy (non-hydrogen) atoms. The molecule has 4 nitrogen and oxygen atoms in total. The zero-order chi connectivity index (χ0) is 14.3. The van der Waals surface area contributed by atoms with E-state index in [2.05, 4.69) is 15.9 Å². The highest BCUT2D eigenvalue weighted by atomic mass is 79.9. The average molecular weight is 333 g/mol. The van der Waals surface area contributed by atoms with Gasteiger partial charge >= 0.3 is 7.12 Å². The summed E-state index contributed by atoms with van der Waals surface area (Å²) in [6.45, 7) is 6.31. The van der Waals surface area contributed by atoms with Crippen LogP contribution in [0.5, 0.6) is 0 Å². The largest absolute Gasteiger partial charge is 0.470 e. The maximum Gasteiger partial charge on any atom is 0.470 e. The van der Waals surface area contributed by atoms with Gasteiger partial charge in [-0.25, -0.2) is 0 Å². The van der Waals surface area contributed by atoms with Crippen LogP contribution in [0.3, 0.4) is 0 Å². The molecule has 0 aromatic heterocycles.